The molecule has 2 aliphatic rings. The largest absolute Gasteiger partial charge is 0.0626 e. The number of fused-ring (bicyclic) bond motifs is 1. The second-order valence-corrected chi connectivity index (χ2v) is 7.59. The van der Waals surface area contributed by atoms with E-state index in [0.29, 0.717) is 11.8 Å². The molecular formula is C24H22Zr. The van der Waals surface area contributed by atoms with Crippen LogP contribution in [0.4, 0.5) is 0 Å². The van der Waals surface area contributed by atoms with Crippen LogP contribution in [0, 0.1) is 5.92 Å². The molecule has 1 unspecified atom stereocenters. The maximum Gasteiger partial charge on any atom is 0.0142 e. The van der Waals surface area contributed by atoms with Crippen molar-refractivity contribution in [1.82, 2.24) is 0 Å². The van der Waals surface area contributed by atoms with E-state index in [-0.39, 0.29) is 26.2 Å². The van der Waals surface area contributed by atoms with E-state index < -0.39 is 0 Å². The summed E-state index contributed by atoms with van der Waals surface area (Å²) in [5, 5.41) is 2.88. The maximum atomic E-state index is 2.47. The molecule has 5 rings (SSSR count). The Balaban J connectivity index is 0.00000157. The fourth-order valence-corrected chi connectivity index (χ4v) is 4.61. The summed E-state index contributed by atoms with van der Waals surface area (Å²) in [7, 11) is 0. The van der Waals surface area contributed by atoms with Crippen molar-refractivity contribution < 1.29 is 26.2 Å². The zero-order chi connectivity index (χ0) is 16.3. The van der Waals surface area contributed by atoms with Crippen molar-refractivity contribution in [2.75, 3.05) is 0 Å². The zero-order valence-electron chi connectivity index (χ0n) is 14.8. The average Bonchev–Trinajstić information content (AvgIpc) is 3.18. The first-order chi connectivity index (χ1) is 11.7. The molecular weight excluding hydrogens is 379 g/mol. The van der Waals surface area contributed by atoms with Crippen LogP contribution in [-0.4, -0.2) is 0 Å². The van der Waals surface area contributed by atoms with E-state index in [2.05, 4.69) is 74.5 Å². The van der Waals surface area contributed by atoms with Gasteiger partial charge < -0.3 is 0 Å². The standard InChI is InChI=1S/C24H22.Zr/c1-15(2)19-12-17-8-5-10-20(22(17)14-19)23-13-18-9-3-6-16-7-4-11-21(23)24(16)18;/h3-11,14-15,23H,12-13H2,1-2H3;. The molecule has 1 atom stereocenters. The van der Waals surface area contributed by atoms with Crippen LogP contribution in [0.2, 0.25) is 0 Å². The van der Waals surface area contributed by atoms with Gasteiger partial charge in [-0.3, -0.25) is 0 Å². The minimum atomic E-state index is 0. The van der Waals surface area contributed by atoms with E-state index >= 15 is 0 Å². The first-order valence-electron chi connectivity index (χ1n) is 9.05. The molecule has 0 aromatic heterocycles. The van der Waals surface area contributed by atoms with Gasteiger partial charge in [0.15, 0.2) is 0 Å². The van der Waals surface area contributed by atoms with E-state index in [1.54, 1.807) is 5.57 Å². The molecule has 1 heteroatoms. The van der Waals surface area contributed by atoms with E-state index in [1.165, 1.54) is 38.6 Å². The molecule has 0 heterocycles. The molecule has 3 aromatic rings. The molecule has 3 aromatic carbocycles. The molecule has 0 aliphatic heterocycles. The summed E-state index contributed by atoms with van der Waals surface area (Å²) in [6.07, 6.45) is 4.74. The van der Waals surface area contributed by atoms with Gasteiger partial charge in [-0.15, -0.1) is 0 Å². The van der Waals surface area contributed by atoms with Gasteiger partial charge in [0.1, 0.15) is 0 Å². The summed E-state index contributed by atoms with van der Waals surface area (Å²) >= 11 is 0. The SMILES string of the molecule is CC(C)C1=Cc2c(cccc2C2Cc3cccc4cccc2c34)C1.[Zr]. The Kier molecular flexibility index (Phi) is 4.32. The van der Waals surface area contributed by atoms with Crippen molar-refractivity contribution in [2.24, 2.45) is 5.92 Å². The third-order valence-electron chi connectivity index (χ3n) is 5.89. The monoisotopic (exact) mass is 400 g/mol. The van der Waals surface area contributed by atoms with Gasteiger partial charge in [-0.25, -0.2) is 0 Å². The number of allylic oxidation sites excluding steroid dienone is 1. The van der Waals surface area contributed by atoms with Gasteiger partial charge in [0.2, 0.25) is 0 Å². The second kappa shape index (κ2) is 6.36. The third-order valence-corrected chi connectivity index (χ3v) is 5.89. The summed E-state index contributed by atoms with van der Waals surface area (Å²) in [5.74, 6) is 1.14. The molecule has 0 nitrogen and oxygen atoms in total. The van der Waals surface area contributed by atoms with Crippen molar-refractivity contribution in [3.63, 3.8) is 0 Å². The van der Waals surface area contributed by atoms with Crippen molar-refractivity contribution in [1.29, 1.82) is 0 Å². The van der Waals surface area contributed by atoms with E-state index in [4.69, 9.17) is 0 Å². The molecule has 0 fully saturated rings. The summed E-state index contributed by atoms with van der Waals surface area (Å²) < 4.78 is 0. The van der Waals surface area contributed by atoms with Crippen molar-refractivity contribution in [2.45, 2.75) is 32.6 Å². The predicted molar refractivity (Wildman–Crippen MR) is 102 cm³/mol. The first kappa shape index (κ1) is 17.0. The topological polar surface area (TPSA) is 0 Å². The molecule has 0 saturated heterocycles. The van der Waals surface area contributed by atoms with Crippen LogP contribution in [0.15, 0.2) is 60.2 Å². The third kappa shape index (κ3) is 2.60. The van der Waals surface area contributed by atoms with Crippen LogP contribution >= 0.6 is 0 Å². The summed E-state index contributed by atoms with van der Waals surface area (Å²) in [6, 6.07) is 20.5. The van der Waals surface area contributed by atoms with Crippen molar-refractivity contribution in [3.05, 3.63) is 88.0 Å². The smallest absolute Gasteiger partial charge is 0.0142 e. The van der Waals surface area contributed by atoms with E-state index in [9.17, 15) is 0 Å². The number of hydrogen-bond acceptors (Lipinski definition) is 0. The zero-order valence-corrected chi connectivity index (χ0v) is 17.3. The number of rotatable bonds is 2. The van der Waals surface area contributed by atoms with Crippen LogP contribution in [-0.2, 0) is 39.0 Å². The van der Waals surface area contributed by atoms with Crippen LogP contribution < -0.4 is 0 Å². The van der Waals surface area contributed by atoms with Gasteiger partial charge in [0.05, 0.1) is 0 Å². The molecule has 0 radical (unpaired) electrons. The fourth-order valence-electron chi connectivity index (χ4n) is 4.61. The summed E-state index contributed by atoms with van der Waals surface area (Å²) in [4.78, 5) is 0. The van der Waals surface area contributed by atoms with Crippen molar-refractivity contribution in [3.8, 4) is 0 Å². The molecule has 0 amide bonds. The van der Waals surface area contributed by atoms with Crippen LogP contribution in [0.5, 0.6) is 0 Å². The maximum absolute atomic E-state index is 2.47. The fraction of sp³-hybridized carbons (Fsp3) is 0.250. The van der Waals surface area contributed by atoms with Crippen LogP contribution in [0.25, 0.3) is 16.8 Å². The second-order valence-electron chi connectivity index (χ2n) is 7.59. The Morgan fingerprint density at radius 1 is 0.840 bits per heavy atom. The molecule has 122 valence electrons. The number of hydrogen-bond donors (Lipinski definition) is 0. The Bertz CT molecular complexity index is 989. The Morgan fingerprint density at radius 3 is 2.32 bits per heavy atom. The van der Waals surface area contributed by atoms with Gasteiger partial charge in [-0.05, 0) is 57.3 Å². The Morgan fingerprint density at radius 2 is 1.52 bits per heavy atom. The molecule has 25 heavy (non-hydrogen) atoms. The van der Waals surface area contributed by atoms with Gasteiger partial charge in [-0.2, -0.15) is 0 Å². The van der Waals surface area contributed by atoms with E-state index in [1.807, 2.05) is 0 Å². The molecule has 0 spiro atoms. The summed E-state index contributed by atoms with van der Waals surface area (Å²) in [6.45, 7) is 4.62. The Hall–Kier alpha value is -1.46. The van der Waals surface area contributed by atoms with Crippen LogP contribution in [0.3, 0.4) is 0 Å². The first-order valence-corrected chi connectivity index (χ1v) is 9.05. The van der Waals surface area contributed by atoms with Gasteiger partial charge in [0.25, 0.3) is 0 Å². The molecule has 0 bridgehead atoms. The van der Waals surface area contributed by atoms with E-state index in [0.717, 1.165) is 12.8 Å². The number of benzene rings is 3. The predicted octanol–water partition coefficient (Wildman–Crippen LogP) is 6.12. The van der Waals surface area contributed by atoms with Gasteiger partial charge in [0, 0.05) is 32.1 Å². The van der Waals surface area contributed by atoms with Gasteiger partial charge in [-0.1, -0.05) is 80.1 Å². The molecule has 0 N–H and O–H groups in total. The summed E-state index contributed by atoms with van der Waals surface area (Å²) in [5.41, 5.74) is 9.13. The quantitative estimate of drug-likeness (QED) is 0.485. The van der Waals surface area contributed by atoms with Crippen molar-refractivity contribution >= 4 is 16.8 Å². The average molecular weight is 402 g/mol. The molecule has 0 saturated carbocycles. The normalized spacial score (nSPS) is 17.6. The Labute approximate surface area is 169 Å². The minimum Gasteiger partial charge on any atom is -0.0626 e. The minimum absolute atomic E-state index is 0. The van der Waals surface area contributed by atoms with Crippen LogP contribution in [0.1, 0.15) is 47.6 Å². The molecule has 2 aliphatic carbocycles. The van der Waals surface area contributed by atoms with Gasteiger partial charge >= 0.3 is 0 Å².